The van der Waals surface area contributed by atoms with Gasteiger partial charge in [-0.05, 0) is 42.7 Å². The van der Waals surface area contributed by atoms with Gasteiger partial charge in [0.05, 0.1) is 11.5 Å². The van der Waals surface area contributed by atoms with E-state index in [4.69, 9.17) is 4.74 Å². The Kier molecular flexibility index (Phi) is 5.38. The van der Waals surface area contributed by atoms with Gasteiger partial charge in [-0.25, -0.2) is 8.42 Å². The lowest BCUT2D eigenvalue weighted by Gasteiger charge is -2.23. The van der Waals surface area contributed by atoms with Crippen LogP contribution in [0.15, 0.2) is 54.6 Å². The molecule has 1 saturated heterocycles. The highest BCUT2D eigenvalue weighted by Gasteiger charge is 2.24. The standard InChI is InChI=1S/C19H21NO4S/c21-19(20-17-10-12-25(22,23)13-11-17)16-8-6-15(7-9-16)14-24-18-4-2-1-3-5-18/h1-9,17H,10-14H2,(H,20,21). The molecule has 0 unspecified atom stereocenters. The third kappa shape index (κ3) is 5.06. The maximum Gasteiger partial charge on any atom is 0.251 e. The summed E-state index contributed by atoms with van der Waals surface area (Å²) in [5.74, 6) is 0.929. The van der Waals surface area contributed by atoms with Crippen molar-refractivity contribution in [3.63, 3.8) is 0 Å². The van der Waals surface area contributed by atoms with Crippen LogP contribution in [0.25, 0.3) is 0 Å². The Bertz CT molecular complexity index is 802. The molecule has 132 valence electrons. The molecule has 1 heterocycles. The van der Waals surface area contributed by atoms with E-state index in [0.29, 0.717) is 25.0 Å². The van der Waals surface area contributed by atoms with Gasteiger partial charge in [-0.2, -0.15) is 0 Å². The minimum Gasteiger partial charge on any atom is -0.489 e. The molecule has 25 heavy (non-hydrogen) atoms. The molecule has 1 fully saturated rings. The summed E-state index contributed by atoms with van der Waals surface area (Å²) in [6.45, 7) is 0.437. The quantitative estimate of drug-likeness (QED) is 0.891. The van der Waals surface area contributed by atoms with Crippen molar-refractivity contribution in [3.05, 3.63) is 65.7 Å². The molecule has 0 bridgehead atoms. The van der Waals surface area contributed by atoms with Crippen LogP contribution >= 0.6 is 0 Å². The Morgan fingerprint density at radius 3 is 2.28 bits per heavy atom. The number of amides is 1. The maximum atomic E-state index is 12.3. The summed E-state index contributed by atoms with van der Waals surface area (Å²) in [5.41, 5.74) is 1.54. The van der Waals surface area contributed by atoms with E-state index in [-0.39, 0.29) is 23.5 Å². The number of benzene rings is 2. The molecule has 0 atom stereocenters. The number of para-hydroxylation sites is 1. The Morgan fingerprint density at radius 2 is 1.64 bits per heavy atom. The topological polar surface area (TPSA) is 72.5 Å². The molecule has 0 saturated carbocycles. The highest BCUT2D eigenvalue weighted by atomic mass is 32.2. The van der Waals surface area contributed by atoms with Crippen molar-refractivity contribution in [1.29, 1.82) is 0 Å². The minimum atomic E-state index is -2.92. The van der Waals surface area contributed by atoms with Gasteiger partial charge < -0.3 is 10.1 Å². The average Bonchev–Trinajstić information content (AvgIpc) is 2.63. The molecule has 0 aliphatic carbocycles. The molecule has 1 aliphatic heterocycles. The first-order valence-electron chi connectivity index (χ1n) is 8.30. The molecular weight excluding hydrogens is 338 g/mol. The molecular formula is C19H21NO4S. The molecule has 5 nitrogen and oxygen atoms in total. The van der Waals surface area contributed by atoms with Gasteiger partial charge in [0.25, 0.3) is 5.91 Å². The van der Waals surface area contributed by atoms with E-state index in [0.717, 1.165) is 11.3 Å². The number of rotatable bonds is 5. The molecule has 0 radical (unpaired) electrons. The lowest BCUT2D eigenvalue weighted by molar-refractivity contribution is 0.0934. The third-order valence-corrected chi connectivity index (χ3v) is 5.97. The number of ether oxygens (including phenoxy) is 1. The first-order valence-corrected chi connectivity index (χ1v) is 10.1. The molecule has 6 heteroatoms. The fourth-order valence-corrected chi connectivity index (χ4v) is 4.23. The van der Waals surface area contributed by atoms with E-state index >= 15 is 0 Å². The second kappa shape index (κ2) is 7.70. The summed E-state index contributed by atoms with van der Waals surface area (Å²) in [6.07, 6.45) is 0.966. The average molecular weight is 359 g/mol. The molecule has 2 aromatic carbocycles. The number of carbonyl (C=O) groups is 1. The Hall–Kier alpha value is -2.34. The second-order valence-electron chi connectivity index (χ2n) is 6.20. The minimum absolute atomic E-state index is 0.0721. The summed E-state index contributed by atoms with van der Waals surface area (Å²) in [5, 5.41) is 2.92. The predicted molar refractivity (Wildman–Crippen MR) is 96.4 cm³/mol. The van der Waals surface area contributed by atoms with Gasteiger partial charge in [0, 0.05) is 11.6 Å². The van der Waals surface area contributed by atoms with Crippen LogP contribution in [0.5, 0.6) is 5.75 Å². The smallest absolute Gasteiger partial charge is 0.251 e. The summed E-state index contributed by atoms with van der Waals surface area (Å²) in [6, 6.07) is 16.7. The monoisotopic (exact) mass is 359 g/mol. The number of carbonyl (C=O) groups excluding carboxylic acids is 1. The normalized spacial score (nSPS) is 17.0. The number of hydrogen-bond donors (Lipinski definition) is 1. The molecule has 2 aromatic rings. The van der Waals surface area contributed by atoms with E-state index in [2.05, 4.69) is 5.32 Å². The summed E-state index contributed by atoms with van der Waals surface area (Å²) < 4.78 is 28.5. The van der Waals surface area contributed by atoms with Crippen LogP contribution < -0.4 is 10.1 Å². The van der Waals surface area contributed by atoms with Gasteiger partial charge in [-0.15, -0.1) is 0 Å². The largest absolute Gasteiger partial charge is 0.489 e. The van der Waals surface area contributed by atoms with Crippen molar-refractivity contribution >= 4 is 15.7 Å². The second-order valence-corrected chi connectivity index (χ2v) is 8.50. The van der Waals surface area contributed by atoms with E-state index in [1.54, 1.807) is 12.1 Å². The van der Waals surface area contributed by atoms with Crippen LogP contribution in [0.1, 0.15) is 28.8 Å². The Morgan fingerprint density at radius 1 is 1.00 bits per heavy atom. The third-order valence-electron chi connectivity index (χ3n) is 4.25. The summed E-state index contributed by atoms with van der Waals surface area (Å²) in [4.78, 5) is 12.3. The fourth-order valence-electron chi connectivity index (χ4n) is 2.74. The van der Waals surface area contributed by atoms with Gasteiger partial charge in [0.2, 0.25) is 0 Å². The van der Waals surface area contributed by atoms with Gasteiger partial charge in [0.1, 0.15) is 22.2 Å². The van der Waals surface area contributed by atoms with Crippen LogP contribution in [-0.4, -0.2) is 31.9 Å². The molecule has 3 rings (SSSR count). The zero-order chi connectivity index (χ0) is 17.7. The molecule has 0 spiro atoms. The number of hydrogen-bond acceptors (Lipinski definition) is 4. The van der Waals surface area contributed by atoms with Crippen molar-refractivity contribution in [2.45, 2.75) is 25.5 Å². The van der Waals surface area contributed by atoms with E-state index in [1.165, 1.54) is 0 Å². The van der Waals surface area contributed by atoms with Crippen LogP contribution in [-0.2, 0) is 16.4 Å². The van der Waals surface area contributed by atoms with Crippen LogP contribution in [0.4, 0.5) is 0 Å². The number of sulfone groups is 1. The molecule has 0 aromatic heterocycles. The summed E-state index contributed by atoms with van der Waals surface area (Å²) in [7, 11) is -2.92. The maximum absolute atomic E-state index is 12.3. The van der Waals surface area contributed by atoms with Crippen molar-refractivity contribution in [2.75, 3.05) is 11.5 Å². The van der Waals surface area contributed by atoms with Gasteiger partial charge >= 0.3 is 0 Å². The van der Waals surface area contributed by atoms with Crippen molar-refractivity contribution in [1.82, 2.24) is 5.32 Å². The zero-order valence-electron chi connectivity index (χ0n) is 13.9. The van der Waals surface area contributed by atoms with Crippen LogP contribution in [0.3, 0.4) is 0 Å². The van der Waals surface area contributed by atoms with Crippen molar-refractivity contribution in [2.24, 2.45) is 0 Å². The van der Waals surface area contributed by atoms with Crippen molar-refractivity contribution in [3.8, 4) is 5.75 Å². The lowest BCUT2D eigenvalue weighted by Crippen LogP contribution is -2.40. The highest BCUT2D eigenvalue weighted by Crippen LogP contribution is 2.14. The molecule has 1 aliphatic rings. The Labute approximate surface area is 147 Å². The SMILES string of the molecule is O=C(NC1CCS(=O)(=O)CC1)c1ccc(COc2ccccc2)cc1. The zero-order valence-corrected chi connectivity index (χ0v) is 14.7. The predicted octanol–water partition coefficient (Wildman–Crippen LogP) is 2.57. The van der Waals surface area contributed by atoms with E-state index in [9.17, 15) is 13.2 Å². The Balaban J connectivity index is 1.52. The van der Waals surface area contributed by atoms with Crippen molar-refractivity contribution < 1.29 is 17.9 Å². The van der Waals surface area contributed by atoms with Crippen LogP contribution in [0.2, 0.25) is 0 Å². The summed E-state index contributed by atoms with van der Waals surface area (Å²) >= 11 is 0. The molecule has 1 N–H and O–H groups in total. The van der Waals surface area contributed by atoms with E-state index in [1.807, 2.05) is 42.5 Å². The first-order chi connectivity index (χ1) is 12.0. The van der Waals surface area contributed by atoms with Gasteiger partial charge in [-0.3, -0.25) is 4.79 Å². The van der Waals surface area contributed by atoms with Gasteiger partial charge in [-0.1, -0.05) is 30.3 Å². The fraction of sp³-hybridized carbons (Fsp3) is 0.316. The number of nitrogens with one attached hydrogen (secondary N) is 1. The first kappa shape index (κ1) is 17.5. The van der Waals surface area contributed by atoms with E-state index < -0.39 is 9.84 Å². The van der Waals surface area contributed by atoms with Gasteiger partial charge in [0.15, 0.2) is 0 Å². The lowest BCUT2D eigenvalue weighted by atomic mass is 10.1. The molecule has 1 amide bonds. The highest BCUT2D eigenvalue weighted by molar-refractivity contribution is 7.91. The van der Waals surface area contributed by atoms with Crippen LogP contribution in [0, 0.1) is 0 Å².